The zero-order valence-electron chi connectivity index (χ0n) is 12.1. The zero-order valence-corrected chi connectivity index (χ0v) is 12.9. The van der Waals surface area contributed by atoms with E-state index in [-0.39, 0.29) is 12.4 Å². The Kier molecular flexibility index (Phi) is 4.46. The number of halogens is 1. The van der Waals surface area contributed by atoms with Gasteiger partial charge in [-0.2, -0.15) is 0 Å². The van der Waals surface area contributed by atoms with Crippen LogP contribution in [0.15, 0.2) is 48.5 Å². The minimum atomic E-state index is 0. The van der Waals surface area contributed by atoms with Crippen LogP contribution in [0.5, 0.6) is 0 Å². The van der Waals surface area contributed by atoms with Gasteiger partial charge >= 0.3 is 0 Å². The van der Waals surface area contributed by atoms with E-state index in [2.05, 4.69) is 54.6 Å². The average Bonchev–Trinajstić information content (AvgIpc) is 2.47. The molecule has 21 heavy (non-hydrogen) atoms. The Morgan fingerprint density at radius 3 is 2.38 bits per heavy atom. The van der Waals surface area contributed by atoms with Gasteiger partial charge in [-0.05, 0) is 37.1 Å². The van der Waals surface area contributed by atoms with E-state index in [4.69, 9.17) is 5.84 Å². The van der Waals surface area contributed by atoms with E-state index in [9.17, 15) is 0 Å². The summed E-state index contributed by atoms with van der Waals surface area (Å²) >= 11 is 0. The van der Waals surface area contributed by atoms with Crippen molar-refractivity contribution in [3.05, 3.63) is 59.7 Å². The summed E-state index contributed by atoms with van der Waals surface area (Å²) in [6.07, 6.45) is 0. The summed E-state index contributed by atoms with van der Waals surface area (Å²) in [4.78, 5) is 4.67. The molecule has 0 unspecified atom stereocenters. The monoisotopic (exact) mass is 299 g/mol. The summed E-state index contributed by atoms with van der Waals surface area (Å²) in [5.41, 5.74) is 8.23. The second-order valence-electron chi connectivity index (χ2n) is 5.05. The molecule has 1 aromatic heterocycles. The molecule has 3 nitrogen and oxygen atoms in total. The summed E-state index contributed by atoms with van der Waals surface area (Å²) in [5.74, 6) is 6.35. The number of nitrogens with zero attached hydrogens (tertiary/aromatic N) is 1. The van der Waals surface area contributed by atoms with Crippen molar-refractivity contribution in [2.75, 3.05) is 5.43 Å². The topological polar surface area (TPSA) is 50.9 Å². The molecule has 0 spiro atoms. The van der Waals surface area contributed by atoms with Crippen molar-refractivity contribution < 1.29 is 0 Å². The Bertz CT molecular complexity index is 770. The molecular weight excluding hydrogens is 282 g/mol. The van der Waals surface area contributed by atoms with Crippen molar-refractivity contribution in [1.29, 1.82) is 0 Å². The molecule has 3 aromatic rings. The van der Waals surface area contributed by atoms with Crippen LogP contribution in [0.3, 0.4) is 0 Å². The molecule has 0 bridgehead atoms. The van der Waals surface area contributed by atoms with Gasteiger partial charge in [0.15, 0.2) is 0 Å². The zero-order chi connectivity index (χ0) is 14.1. The first-order chi connectivity index (χ1) is 9.69. The number of pyridine rings is 1. The summed E-state index contributed by atoms with van der Waals surface area (Å²) in [6, 6.07) is 16.6. The molecule has 0 radical (unpaired) electrons. The normalized spacial score (nSPS) is 10.2. The number of hydrogen-bond acceptors (Lipinski definition) is 3. The van der Waals surface area contributed by atoms with Gasteiger partial charge < -0.3 is 5.43 Å². The highest BCUT2D eigenvalue weighted by Gasteiger charge is 2.09. The van der Waals surface area contributed by atoms with E-state index in [0.717, 1.165) is 27.6 Å². The first-order valence-corrected chi connectivity index (χ1v) is 6.63. The van der Waals surface area contributed by atoms with E-state index in [1.165, 1.54) is 5.56 Å². The number of nitrogens with two attached hydrogens (primary N) is 1. The summed E-state index contributed by atoms with van der Waals surface area (Å²) in [6.45, 7) is 4.18. The fraction of sp³-hybridized carbons (Fsp3) is 0.118. The fourth-order valence-corrected chi connectivity index (χ4v) is 2.60. The Morgan fingerprint density at radius 1 is 1.00 bits per heavy atom. The number of nitrogens with one attached hydrogen (secondary N) is 1. The lowest BCUT2D eigenvalue weighted by Crippen LogP contribution is -2.10. The van der Waals surface area contributed by atoms with E-state index in [1.54, 1.807) is 0 Å². The first kappa shape index (κ1) is 15.3. The standard InChI is InChI=1S/C17H17N3.ClH/c1-11-8-12(2)16-14(9-11)10-15(17(19-16)20-18)13-6-4-3-5-7-13;/h3-10H,18H2,1-2H3,(H,19,20);1H. The average molecular weight is 300 g/mol. The number of nitrogen functional groups attached to an aromatic ring is 1. The Labute approximate surface area is 130 Å². The molecule has 0 saturated carbocycles. The van der Waals surface area contributed by atoms with Crippen LogP contribution in [-0.2, 0) is 0 Å². The van der Waals surface area contributed by atoms with Gasteiger partial charge in [0, 0.05) is 10.9 Å². The number of rotatable bonds is 2. The molecule has 0 aliphatic carbocycles. The van der Waals surface area contributed by atoms with E-state index >= 15 is 0 Å². The van der Waals surface area contributed by atoms with Crippen LogP contribution in [0, 0.1) is 13.8 Å². The minimum absolute atomic E-state index is 0. The van der Waals surface area contributed by atoms with Crippen LogP contribution < -0.4 is 11.3 Å². The highest BCUT2D eigenvalue weighted by molar-refractivity contribution is 5.91. The van der Waals surface area contributed by atoms with Gasteiger partial charge in [-0.15, -0.1) is 12.4 Å². The van der Waals surface area contributed by atoms with Gasteiger partial charge in [-0.3, -0.25) is 0 Å². The largest absolute Gasteiger partial charge is 0.308 e. The third-order valence-electron chi connectivity index (χ3n) is 3.47. The number of benzene rings is 2. The second kappa shape index (κ2) is 6.12. The SMILES string of the molecule is Cc1cc(C)c2nc(NN)c(-c3ccccc3)cc2c1.Cl. The lowest BCUT2D eigenvalue weighted by molar-refractivity contribution is 1.25. The first-order valence-electron chi connectivity index (χ1n) is 6.63. The van der Waals surface area contributed by atoms with Crippen molar-refractivity contribution in [3.63, 3.8) is 0 Å². The lowest BCUT2D eigenvalue weighted by atomic mass is 10.0. The highest BCUT2D eigenvalue weighted by atomic mass is 35.5. The molecular formula is C17H18ClN3. The Hall–Kier alpha value is -2.10. The van der Waals surface area contributed by atoms with Crippen LogP contribution in [-0.4, -0.2) is 4.98 Å². The Morgan fingerprint density at radius 2 is 1.71 bits per heavy atom. The van der Waals surface area contributed by atoms with Crippen molar-refractivity contribution in [1.82, 2.24) is 4.98 Å². The number of hydrazine groups is 1. The number of aromatic nitrogens is 1. The summed E-state index contributed by atoms with van der Waals surface area (Å²) in [7, 11) is 0. The maximum absolute atomic E-state index is 5.65. The van der Waals surface area contributed by atoms with Crippen LogP contribution >= 0.6 is 12.4 Å². The highest BCUT2D eigenvalue weighted by Crippen LogP contribution is 2.31. The molecule has 0 amide bonds. The van der Waals surface area contributed by atoms with Gasteiger partial charge in [0.2, 0.25) is 0 Å². The molecule has 1 heterocycles. The van der Waals surface area contributed by atoms with E-state index < -0.39 is 0 Å². The summed E-state index contributed by atoms with van der Waals surface area (Å²) < 4.78 is 0. The number of aryl methyl sites for hydroxylation is 2. The molecule has 108 valence electrons. The maximum Gasteiger partial charge on any atom is 0.148 e. The van der Waals surface area contributed by atoms with Gasteiger partial charge in [-0.1, -0.05) is 42.0 Å². The molecule has 4 heteroatoms. The predicted octanol–water partition coefficient (Wildman–Crippen LogP) is 4.23. The number of anilines is 1. The van der Waals surface area contributed by atoms with Crippen molar-refractivity contribution in [2.24, 2.45) is 5.84 Å². The van der Waals surface area contributed by atoms with Crippen LogP contribution in [0.1, 0.15) is 11.1 Å². The van der Waals surface area contributed by atoms with Gasteiger partial charge in [-0.25, -0.2) is 10.8 Å². The molecule has 0 aliphatic heterocycles. The van der Waals surface area contributed by atoms with Crippen molar-refractivity contribution in [3.8, 4) is 11.1 Å². The van der Waals surface area contributed by atoms with Crippen molar-refractivity contribution >= 4 is 29.1 Å². The van der Waals surface area contributed by atoms with E-state index in [0.29, 0.717) is 5.82 Å². The molecule has 0 fully saturated rings. The third kappa shape index (κ3) is 2.84. The fourth-order valence-electron chi connectivity index (χ4n) is 2.60. The summed E-state index contributed by atoms with van der Waals surface area (Å²) in [5, 5.41) is 1.14. The molecule has 2 aromatic carbocycles. The Balaban J connectivity index is 0.00000161. The van der Waals surface area contributed by atoms with Crippen molar-refractivity contribution in [2.45, 2.75) is 13.8 Å². The number of hydrogen-bond donors (Lipinski definition) is 2. The lowest BCUT2D eigenvalue weighted by Gasteiger charge is -2.12. The predicted molar refractivity (Wildman–Crippen MR) is 91.7 cm³/mol. The molecule has 0 atom stereocenters. The molecule has 3 N–H and O–H groups in total. The second-order valence-corrected chi connectivity index (χ2v) is 5.05. The molecule has 0 aliphatic rings. The molecule has 0 saturated heterocycles. The number of fused-ring (bicyclic) bond motifs is 1. The smallest absolute Gasteiger partial charge is 0.148 e. The van der Waals surface area contributed by atoms with Gasteiger partial charge in [0.1, 0.15) is 5.82 Å². The van der Waals surface area contributed by atoms with Crippen LogP contribution in [0.2, 0.25) is 0 Å². The quantitative estimate of drug-likeness (QED) is 0.550. The van der Waals surface area contributed by atoms with E-state index in [1.807, 2.05) is 18.2 Å². The third-order valence-corrected chi connectivity index (χ3v) is 3.47. The maximum atomic E-state index is 5.65. The molecule has 3 rings (SSSR count). The van der Waals surface area contributed by atoms with Gasteiger partial charge in [0.25, 0.3) is 0 Å². The van der Waals surface area contributed by atoms with Crippen LogP contribution in [0.4, 0.5) is 5.82 Å². The van der Waals surface area contributed by atoms with Crippen LogP contribution in [0.25, 0.3) is 22.0 Å². The minimum Gasteiger partial charge on any atom is -0.308 e. The van der Waals surface area contributed by atoms with Gasteiger partial charge in [0.05, 0.1) is 5.52 Å².